The SMILES string of the molecule is Cc1noc(C)c1-c1ccccc1-c1csc(N(C)C(=O)[C@@H](CC(=O)O)Cc2ccccc2)n1. The van der Waals surface area contributed by atoms with E-state index in [0.29, 0.717) is 11.6 Å². The van der Waals surface area contributed by atoms with E-state index in [4.69, 9.17) is 9.51 Å². The topological polar surface area (TPSA) is 96.5 Å². The van der Waals surface area contributed by atoms with Gasteiger partial charge in [-0.3, -0.25) is 14.5 Å². The molecule has 1 N–H and O–H groups in total. The first kappa shape index (κ1) is 23.4. The third-order valence-electron chi connectivity index (χ3n) is 5.71. The molecular weight excluding hydrogens is 450 g/mol. The van der Waals surface area contributed by atoms with Gasteiger partial charge in [0.05, 0.1) is 23.7 Å². The minimum Gasteiger partial charge on any atom is -0.481 e. The number of nitrogens with zero attached hydrogens (tertiary/aromatic N) is 3. The molecule has 174 valence electrons. The van der Waals surface area contributed by atoms with Gasteiger partial charge < -0.3 is 9.63 Å². The van der Waals surface area contributed by atoms with Gasteiger partial charge in [-0.1, -0.05) is 59.8 Å². The van der Waals surface area contributed by atoms with Gasteiger partial charge in [0.25, 0.3) is 0 Å². The Morgan fingerprint density at radius 1 is 1.06 bits per heavy atom. The van der Waals surface area contributed by atoms with Crippen molar-refractivity contribution in [2.45, 2.75) is 26.7 Å². The van der Waals surface area contributed by atoms with Gasteiger partial charge in [-0.15, -0.1) is 11.3 Å². The predicted octanol–water partition coefficient (Wildman–Crippen LogP) is 5.38. The van der Waals surface area contributed by atoms with E-state index in [0.717, 1.165) is 39.4 Å². The second-order valence-electron chi connectivity index (χ2n) is 8.14. The number of thiazole rings is 1. The van der Waals surface area contributed by atoms with Gasteiger partial charge in [-0.25, -0.2) is 4.98 Å². The zero-order valence-electron chi connectivity index (χ0n) is 19.2. The summed E-state index contributed by atoms with van der Waals surface area (Å²) in [6, 6.07) is 17.3. The monoisotopic (exact) mass is 475 g/mol. The van der Waals surface area contributed by atoms with Crippen molar-refractivity contribution in [1.29, 1.82) is 0 Å². The van der Waals surface area contributed by atoms with E-state index in [9.17, 15) is 14.7 Å². The second-order valence-corrected chi connectivity index (χ2v) is 8.98. The Morgan fingerprint density at radius 2 is 1.74 bits per heavy atom. The van der Waals surface area contributed by atoms with E-state index in [-0.39, 0.29) is 12.3 Å². The van der Waals surface area contributed by atoms with Crippen molar-refractivity contribution in [2.75, 3.05) is 11.9 Å². The first-order chi connectivity index (χ1) is 16.3. The Balaban J connectivity index is 1.62. The van der Waals surface area contributed by atoms with E-state index in [1.165, 1.54) is 16.2 Å². The van der Waals surface area contributed by atoms with Crippen LogP contribution in [-0.2, 0) is 16.0 Å². The number of aromatic nitrogens is 2. The highest BCUT2D eigenvalue weighted by molar-refractivity contribution is 7.14. The van der Waals surface area contributed by atoms with Crippen LogP contribution >= 0.6 is 11.3 Å². The standard InChI is InChI=1S/C26H25N3O4S/c1-16-24(17(2)33-28-16)21-12-8-7-11-20(21)22-15-34-26(27-22)29(3)25(32)19(14-23(30)31)13-18-9-5-4-6-10-18/h4-12,15,19H,13-14H2,1-3H3,(H,30,31)/t19-/m1/s1. The van der Waals surface area contributed by atoms with Crippen molar-refractivity contribution >= 4 is 28.3 Å². The molecule has 2 aromatic heterocycles. The molecular formula is C26H25N3O4S. The normalized spacial score (nSPS) is 11.9. The van der Waals surface area contributed by atoms with Crippen LogP contribution in [0.1, 0.15) is 23.4 Å². The highest BCUT2D eigenvalue weighted by Gasteiger charge is 2.27. The molecule has 4 aromatic rings. The Kier molecular flexibility index (Phi) is 6.88. The molecule has 4 rings (SSSR count). The van der Waals surface area contributed by atoms with E-state index in [2.05, 4.69) is 5.16 Å². The molecule has 0 saturated carbocycles. The summed E-state index contributed by atoms with van der Waals surface area (Å²) in [6.07, 6.45) is 0.106. The summed E-state index contributed by atoms with van der Waals surface area (Å²) in [7, 11) is 1.64. The molecule has 0 fully saturated rings. The summed E-state index contributed by atoms with van der Waals surface area (Å²) < 4.78 is 5.35. The summed E-state index contributed by atoms with van der Waals surface area (Å²) in [4.78, 5) is 30.9. The summed E-state index contributed by atoms with van der Waals surface area (Å²) in [5.41, 5.74) is 5.24. The lowest BCUT2D eigenvalue weighted by molar-refractivity contribution is -0.140. The highest BCUT2D eigenvalue weighted by atomic mass is 32.1. The van der Waals surface area contributed by atoms with Crippen molar-refractivity contribution in [3.63, 3.8) is 0 Å². The van der Waals surface area contributed by atoms with Crippen LogP contribution in [-0.4, -0.2) is 34.2 Å². The summed E-state index contributed by atoms with van der Waals surface area (Å²) in [5, 5.41) is 15.9. The molecule has 0 saturated heterocycles. The molecule has 0 aliphatic heterocycles. The Morgan fingerprint density at radius 3 is 2.38 bits per heavy atom. The molecule has 7 nitrogen and oxygen atoms in total. The maximum Gasteiger partial charge on any atom is 0.304 e. The van der Waals surface area contributed by atoms with Crippen LogP contribution in [0.25, 0.3) is 22.4 Å². The van der Waals surface area contributed by atoms with Crippen LogP contribution in [0.4, 0.5) is 5.13 Å². The molecule has 1 atom stereocenters. The number of carbonyl (C=O) groups excluding carboxylic acids is 1. The third kappa shape index (κ3) is 4.92. The minimum absolute atomic E-state index is 0.245. The molecule has 2 heterocycles. The number of carboxylic acid groups (broad SMARTS) is 1. The van der Waals surface area contributed by atoms with Gasteiger partial charge in [0.15, 0.2) is 5.13 Å². The first-order valence-electron chi connectivity index (χ1n) is 10.9. The van der Waals surface area contributed by atoms with Crippen molar-refractivity contribution < 1.29 is 19.2 Å². The number of amides is 1. The molecule has 8 heteroatoms. The summed E-state index contributed by atoms with van der Waals surface area (Å²) >= 11 is 1.35. The zero-order chi connectivity index (χ0) is 24.2. The van der Waals surface area contributed by atoms with E-state index >= 15 is 0 Å². The lowest BCUT2D eigenvalue weighted by Crippen LogP contribution is -2.35. The fourth-order valence-corrected chi connectivity index (χ4v) is 4.85. The Labute approximate surface area is 201 Å². The van der Waals surface area contributed by atoms with Gasteiger partial charge in [-0.2, -0.15) is 0 Å². The average Bonchev–Trinajstić information content (AvgIpc) is 3.45. The molecule has 2 aromatic carbocycles. The number of rotatable bonds is 8. The van der Waals surface area contributed by atoms with Gasteiger partial charge in [0.2, 0.25) is 5.91 Å². The fourth-order valence-electron chi connectivity index (χ4n) is 4.06. The Bertz CT molecular complexity index is 1290. The van der Waals surface area contributed by atoms with Crippen LogP contribution in [0.2, 0.25) is 0 Å². The largest absolute Gasteiger partial charge is 0.481 e. The number of carboxylic acids is 1. The van der Waals surface area contributed by atoms with E-state index in [1.54, 1.807) is 7.05 Å². The molecule has 0 radical (unpaired) electrons. The first-order valence-corrected chi connectivity index (χ1v) is 11.7. The number of aliphatic carboxylic acids is 1. The number of aryl methyl sites for hydroxylation is 2. The van der Waals surface area contributed by atoms with Gasteiger partial charge in [0.1, 0.15) is 5.76 Å². The zero-order valence-corrected chi connectivity index (χ0v) is 20.0. The average molecular weight is 476 g/mol. The lowest BCUT2D eigenvalue weighted by Gasteiger charge is -2.21. The van der Waals surface area contributed by atoms with E-state index < -0.39 is 11.9 Å². The van der Waals surface area contributed by atoms with E-state index in [1.807, 2.05) is 73.8 Å². The number of hydrogen-bond donors (Lipinski definition) is 1. The van der Waals surface area contributed by atoms with Crippen molar-refractivity contribution in [1.82, 2.24) is 10.1 Å². The predicted molar refractivity (Wildman–Crippen MR) is 132 cm³/mol. The molecule has 1 amide bonds. The van der Waals surface area contributed by atoms with Crippen LogP contribution in [0, 0.1) is 19.8 Å². The number of hydrogen-bond acceptors (Lipinski definition) is 6. The van der Waals surface area contributed by atoms with Crippen LogP contribution in [0.5, 0.6) is 0 Å². The fraction of sp³-hybridized carbons (Fsp3) is 0.231. The molecule has 0 aliphatic rings. The minimum atomic E-state index is -1.00. The van der Waals surface area contributed by atoms with Crippen molar-refractivity contribution in [3.8, 4) is 22.4 Å². The molecule has 0 bridgehead atoms. The quantitative estimate of drug-likeness (QED) is 0.368. The molecule has 0 aliphatic carbocycles. The van der Waals surface area contributed by atoms with Crippen LogP contribution in [0.3, 0.4) is 0 Å². The maximum atomic E-state index is 13.3. The van der Waals surface area contributed by atoms with Crippen LogP contribution < -0.4 is 4.90 Å². The lowest BCUT2D eigenvalue weighted by atomic mass is 9.95. The number of carbonyl (C=O) groups is 2. The Hall–Kier alpha value is -3.78. The van der Waals surface area contributed by atoms with Crippen molar-refractivity contribution in [3.05, 3.63) is 77.0 Å². The van der Waals surface area contributed by atoms with Gasteiger partial charge in [0, 0.05) is 23.6 Å². The highest BCUT2D eigenvalue weighted by Crippen LogP contribution is 2.37. The molecule has 34 heavy (non-hydrogen) atoms. The van der Waals surface area contributed by atoms with Crippen LogP contribution in [0.15, 0.2) is 64.5 Å². The number of anilines is 1. The summed E-state index contributed by atoms with van der Waals surface area (Å²) in [6.45, 7) is 3.78. The summed E-state index contributed by atoms with van der Waals surface area (Å²) in [5.74, 6) is -1.24. The van der Waals surface area contributed by atoms with Gasteiger partial charge in [-0.05, 0) is 31.4 Å². The number of benzene rings is 2. The second kappa shape index (κ2) is 10.0. The third-order valence-corrected chi connectivity index (χ3v) is 6.63. The molecule has 0 spiro atoms. The smallest absolute Gasteiger partial charge is 0.304 e. The van der Waals surface area contributed by atoms with Crippen molar-refractivity contribution in [2.24, 2.45) is 5.92 Å². The maximum absolute atomic E-state index is 13.3. The molecule has 0 unspecified atom stereocenters. The van der Waals surface area contributed by atoms with Gasteiger partial charge >= 0.3 is 5.97 Å².